The summed E-state index contributed by atoms with van der Waals surface area (Å²) in [5.74, 6) is -1.78. The molecule has 0 saturated carbocycles. The molecule has 1 rings (SSSR count). The van der Waals surface area contributed by atoms with Crippen molar-refractivity contribution in [2.45, 2.75) is 37.8 Å². The van der Waals surface area contributed by atoms with Gasteiger partial charge in [-0.1, -0.05) is 19.3 Å². The third-order valence-corrected chi connectivity index (χ3v) is 3.45. The topological polar surface area (TPSA) is 165 Å². The normalized spacial score (nSPS) is 12.4. The van der Waals surface area contributed by atoms with E-state index in [0.717, 1.165) is 0 Å². The third-order valence-electron chi connectivity index (χ3n) is 3.45. The van der Waals surface area contributed by atoms with E-state index < -0.39 is 29.9 Å². The number of carbonyl (C=O) groups excluding carboxylic acids is 3. The second kappa shape index (κ2) is 13.3. The summed E-state index contributed by atoms with van der Waals surface area (Å²) < 4.78 is 4.68. The minimum Gasteiger partial charge on any atom is -0.677 e. The molecule has 0 spiro atoms. The third kappa shape index (κ3) is 8.43. The van der Waals surface area contributed by atoms with Crippen LogP contribution in [-0.4, -0.2) is 60.0 Å². The van der Waals surface area contributed by atoms with Crippen molar-refractivity contribution in [1.82, 2.24) is 15.3 Å². The molecule has 149 valence electrons. The number of H-pyrrole nitrogens is 1. The fourth-order valence-corrected chi connectivity index (χ4v) is 2.14. The fraction of sp³-hybridized carbons (Fsp3) is 0.600. The zero-order valence-corrected chi connectivity index (χ0v) is 15.4. The number of nitrogens with zero attached hydrogens (tertiary/aromatic N) is 2. The second-order valence-corrected chi connectivity index (χ2v) is 5.34. The number of esters is 1. The molecule has 0 aliphatic carbocycles. The van der Waals surface area contributed by atoms with Crippen molar-refractivity contribution in [1.29, 1.82) is 0 Å². The number of carbonyl (C=O) groups is 3. The molecule has 2 atom stereocenters. The number of ether oxygens (including phenoxy) is 1. The summed E-state index contributed by atoms with van der Waals surface area (Å²) in [7, 11) is 1.22. The Hall–Kier alpha value is -1.94. The fourth-order valence-electron chi connectivity index (χ4n) is 2.14. The first-order valence-electron chi connectivity index (χ1n) is 7.96. The number of nitrogens with one attached hydrogen (secondary N) is 3. The smallest absolute Gasteiger partial charge is 0.677 e. The largest absolute Gasteiger partial charge is 2.00 e. The Labute approximate surface area is 162 Å². The van der Waals surface area contributed by atoms with Crippen molar-refractivity contribution in [3.05, 3.63) is 29.3 Å². The van der Waals surface area contributed by atoms with Crippen molar-refractivity contribution in [3.8, 4) is 0 Å². The van der Waals surface area contributed by atoms with Crippen LogP contribution in [0, 0.1) is 0 Å². The standard InChI is InChI=1S/C15H25N6O4.Cu/c1-25-15(24)11(4-2-3-5-16)21-14(23)12(20-13(22)7-17)6-10-8-18-9-19-10;/h8-9,11-12,16H,2-7,17H2,1H3,(H3,18,19,20,21,22,23);/q-1;+2/p-1/t11-,12-;/m0./s1. The molecule has 1 heterocycles. The van der Waals surface area contributed by atoms with Gasteiger partial charge in [0.25, 0.3) is 5.97 Å². The number of methoxy groups -OCH3 is 1. The Kier molecular flexibility index (Phi) is 12.3. The van der Waals surface area contributed by atoms with Gasteiger partial charge in [0.15, 0.2) is 0 Å². The first kappa shape index (κ1) is 24.1. The van der Waals surface area contributed by atoms with Gasteiger partial charge in [-0.3, -0.25) is 9.59 Å². The van der Waals surface area contributed by atoms with Crippen LogP contribution in [0.15, 0.2) is 12.5 Å². The van der Waals surface area contributed by atoms with Crippen LogP contribution in [-0.2, 0) is 42.6 Å². The summed E-state index contributed by atoms with van der Waals surface area (Å²) in [6.45, 7) is -0.0372. The van der Waals surface area contributed by atoms with Crippen LogP contribution in [0.4, 0.5) is 0 Å². The van der Waals surface area contributed by atoms with Gasteiger partial charge in [0.05, 0.1) is 37.6 Å². The Morgan fingerprint density at radius 2 is 2.15 bits per heavy atom. The van der Waals surface area contributed by atoms with E-state index in [-0.39, 0.29) is 36.6 Å². The maximum atomic E-state index is 12.5. The molecule has 11 heteroatoms. The monoisotopic (exact) mass is 415 g/mol. The van der Waals surface area contributed by atoms with Crippen LogP contribution in [0.3, 0.4) is 0 Å². The van der Waals surface area contributed by atoms with Gasteiger partial charge in [-0.25, -0.2) is 4.98 Å². The van der Waals surface area contributed by atoms with Crippen molar-refractivity contribution in [2.75, 3.05) is 20.2 Å². The van der Waals surface area contributed by atoms with Gasteiger partial charge in [0, 0.05) is 12.6 Å². The molecule has 5 N–H and O–H groups in total. The van der Waals surface area contributed by atoms with E-state index in [9.17, 15) is 14.4 Å². The molecule has 0 bridgehead atoms. The quantitative estimate of drug-likeness (QED) is 0.262. The molecule has 1 radical (unpaired) electrons. The number of amides is 2. The zero-order valence-electron chi connectivity index (χ0n) is 14.5. The number of hydrogen-bond donors (Lipinski definition) is 3. The van der Waals surface area contributed by atoms with Crippen LogP contribution >= 0.6 is 0 Å². The Morgan fingerprint density at radius 1 is 1.42 bits per heavy atom. The zero-order chi connectivity index (χ0) is 18.7. The second-order valence-electron chi connectivity index (χ2n) is 5.34. The maximum absolute atomic E-state index is 12.5. The van der Waals surface area contributed by atoms with E-state index in [2.05, 4.69) is 25.3 Å². The average Bonchev–Trinajstić information content (AvgIpc) is 3.12. The van der Waals surface area contributed by atoms with E-state index in [1.54, 1.807) is 6.20 Å². The molecule has 0 aliphatic rings. The molecule has 2 amide bonds. The molecule has 1 aromatic rings. The van der Waals surface area contributed by atoms with Gasteiger partial charge in [-0.2, -0.15) is 6.54 Å². The molecule has 1 aromatic heterocycles. The van der Waals surface area contributed by atoms with E-state index in [1.807, 2.05) is 0 Å². The molecule has 26 heavy (non-hydrogen) atoms. The maximum Gasteiger partial charge on any atom is 2.00 e. The minimum atomic E-state index is -0.970. The Bertz CT molecular complexity index is 554. The van der Waals surface area contributed by atoms with Crippen LogP contribution in [0.5, 0.6) is 0 Å². The van der Waals surface area contributed by atoms with Crippen molar-refractivity contribution in [2.24, 2.45) is 5.73 Å². The predicted octanol–water partition coefficient (Wildman–Crippen LogP) is 0.0576. The van der Waals surface area contributed by atoms with Gasteiger partial charge in [-0.15, -0.1) is 0 Å². The van der Waals surface area contributed by atoms with E-state index in [0.29, 0.717) is 25.0 Å². The number of aromatic amines is 1. The summed E-state index contributed by atoms with van der Waals surface area (Å²) in [6.07, 6.45) is 4.64. The minimum absolute atomic E-state index is 0. The Balaban J connectivity index is 0.00000625. The van der Waals surface area contributed by atoms with E-state index in [1.165, 1.54) is 13.4 Å². The van der Waals surface area contributed by atoms with Crippen molar-refractivity contribution < 1.29 is 36.2 Å². The number of aromatic nitrogens is 2. The van der Waals surface area contributed by atoms with Crippen LogP contribution < -0.4 is 11.1 Å². The molecular weight excluding hydrogens is 392 g/mol. The SMILES string of the molecule is COC(=O)[C@H](CCCC[NH-])[N-]C(=O)[C@H](Cc1c[nH]cn1)NC(=O)CN.[Cu+2]. The van der Waals surface area contributed by atoms with Gasteiger partial charge in [-0.05, 0) is 6.04 Å². The van der Waals surface area contributed by atoms with Crippen LogP contribution in [0.25, 0.3) is 11.1 Å². The van der Waals surface area contributed by atoms with Gasteiger partial charge < -0.3 is 36.6 Å². The van der Waals surface area contributed by atoms with Crippen molar-refractivity contribution in [3.63, 3.8) is 0 Å². The molecule has 10 nitrogen and oxygen atoms in total. The molecule has 0 aliphatic heterocycles. The van der Waals surface area contributed by atoms with Crippen molar-refractivity contribution >= 4 is 17.8 Å². The number of rotatable bonds is 11. The molecule has 0 unspecified atom stereocenters. The van der Waals surface area contributed by atoms with Crippen LogP contribution in [0.2, 0.25) is 0 Å². The summed E-state index contributed by atoms with van der Waals surface area (Å²) in [4.78, 5) is 42.7. The first-order chi connectivity index (χ1) is 12.0. The number of nitrogens with two attached hydrogens (primary N) is 1. The summed E-state index contributed by atoms with van der Waals surface area (Å²) in [6, 6.07) is -1.93. The Morgan fingerprint density at radius 3 is 2.69 bits per heavy atom. The van der Waals surface area contributed by atoms with E-state index >= 15 is 0 Å². The molecule has 0 fully saturated rings. The summed E-state index contributed by atoms with van der Waals surface area (Å²) in [5.41, 5.74) is 13.0. The number of unbranched alkanes of at least 4 members (excludes halogenated alkanes) is 1. The predicted molar refractivity (Wildman–Crippen MR) is 90.5 cm³/mol. The molecular formula is C15H24CuN6O4. The van der Waals surface area contributed by atoms with Gasteiger partial charge >= 0.3 is 17.1 Å². The van der Waals surface area contributed by atoms with Crippen LogP contribution in [0.1, 0.15) is 25.0 Å². The molecule has 0 saturated heterocycles. The van der Waals surface area contributed by atoms with Gasteiger partial charge in [0.1, 0.15) is 0 Å². The number of hydrogen-bond acceptors (Lipinski definition) is 6. The average molecular weight is 416 g/mol. The van der Waals surface area contributed by atoms with E-state index in [4.69, 9.17) is 11.5 Å². The first-order valence-corrected chi connectivity index (χ1v) is 7.96. The molecule has 0 aromatic carbocycles. The summed E-state index contributed by atoms with van der Waals surface area (Å²) >= 11 is 0. The number of imidazole rings is 1. The summed E-state index contributed by atoms with van der Waals surface area (Å²) in [5, 5.41) is 6.41. The van der Waals surface area contributed by atoms with Gasteiger partial charge in [0.2, 0.25) is 5.91 Å².